The Bertz CT molecular complexity index is 318. The van der Waals surface area contributed by atoms with E-state index in [0.29, 0.717) is 13.0 Å². The molecule has 5 heteroatoms. The van der Waals surface area contributed by atoms with Gasteiger partial charge < -0.3 is 20.4 Å². The minimum absolute atomic E-state index is 0.0333. The number of allylic oxidation sites excluding steroid dienone is 1. The Morgan fingerprint density at radius 3 is 2.79 bits per heavy atom. The van der Waals surface area contributed by atoms with Crippen molar-refractivity contribution in [2.75, 3.05) is 13.1 Å². The Morgan fingerprint density at radius 1 is 1.53 bits per heavy atom. The molecule has 0 saturated carbocycles. The highest BCUT2D eigenvalue weighted by molar-refractivity contribution is 5.79. The zero-order valence-corrected chi connectivity index (χ0v) is 11.9. The van der Waals surface area contributed by atoms with Crippen LogP contribution in [0.5, 0.6) is 0 Å². The first-order valence-corrected chi connectivity index (χ1v) is 6.99. The topological polar surface area (TPSA) is 72.8 Å². The minimum Gasteiger partial charge on any atom is -0.389 e. The van der Waals surface area contributed by atoms with Crippen LogP contribution in [0.2, 0.25) is 0 Å². The molecule has 3 N–H and O–H groups in total. The Labute approximate surface area is 115 Å². The van der Waals surface area contributed by atoms with Gasteiger partial charge in [0.2, 0.25) is 5.91 Å². The molecule has 0 spiro atoms. The maximum atomic E-state index is 12.3. The maximum Gasteiger partial charge on any atom is 0.225 e. The quantitative estimate of drug-likeness (QED) is 0.473. The normalized spacial score (nSPS) is 20.7. The first-order valence-electron chi connectivity index (χ1n) is 6.99. The molecule has 0 aromatic rings. The van der Waals surface area contributed by atoms with Gasteiger partial charge in [0, 0.05) is 24.7 Å². The Hall–Kier alpha value is -1.07. The molecule has 0 aromatic heterocycles. The Kier molecular flexibility index (Phi) is 6.31. The molecular formula is C14H26N2O3. The lowest BCUT2D eigenvalue weighted by Gasteiger charge is -2.28. The third kappa shape index (κ3) is 4.84. The van der Waals surface area contributed by atoms with Crippen LogP contribution in [0.3, 0.4) is 0 Å². The summed E-state index contributed by atoms with van der Waals surface area (Å²) in [4.78, 5) is 13.9. The molecule has 0 bridgehead atoms. The predicted molar refractivity (Wildman–Crippen MR) is 74.2 cm³/mol. The maximum absolute atomic E-state index is 12.3. The number of carbonyl (C=O) groups is 1. The summed E-state index contributed by atoms with van der Waals surface area (Å²) in [6.07, 6.45) is 1.79. The number of aliphatic hydroxyl groups is 2. The van der Waals surface area contributed by atoms with E-state index in [4.69, 9.17) is 0 Å². The second-order valence-electron chi connectivity index (χ2n) is 5.41. The third-order valence-electron chi connectivity index (χ3n) is 3.59. The Morgan fingerprint density at radius 2 is 2.21 bits per heavy atom. The smallest absolute Gasteiger partial charge is 0.225 e. The van der Waals surface area contributed by atoms with Crippen LogP contribution in [0.4, 0.5) is 0 Å². The van der Waals surface area contributed by atoms with Crippen molar-refractivity contribution in [2.45, 2.75) is 51.9 Å². The molecule has 19 heavy (non-hydrogen) atoms. The SMILES string of the molecule is C=C(C)NCCC[C@H](C)C(=O)N1CCC[C@H]1C(O)O. The third-order valence-corrected chi connectivity index (χ3v) is 3.59. The molecule has 0 unspecified atom stereocenters. The van der Waals surface area contributed by atoms with Gasteiger partial charge in [-0.05, 0) is 32.6 Å². The molecule has 5 nitrogen and oxygen atoms in total. The lowest BCUT2D eigenvalue weighted by atomic mass is 10.0. The summed E-state index contributed by atoms with van der Waals surface area (Å²) in [6, 6.07) is -0.427. The fourth-order valence-corrected chi connectivity index (χ4v) is 2.49. The van der Waals surface area contributed by atoms with E-state index in [1.807, 2.05) is 13.8 Å². The molecule has 110 valence electrons. The number of rotatable bonds is 7. The van der Waals surface area contributed by atoms with E-state index >= 15 is 0 Å². The highest BCUT2D eigenvalue weighted by Gasteiger charge is 2.34. The fraction of sp³-hybridized carbons (Fsp3) is 0.786. The molecule has 1 aliphatic heterocycles. The molecule has 1 saturated heterocycles. The van der Waals surface area contributed by atoms with Gasteiger partial charge in [-0.1, -0.05) is 13.5 Å². The molecule has 0 aliphatic carbocycles. The van der Waals surface area contributed by atoms with Gasteiger partial charge in [0.05, 0.1) is 6.04 Å². The monoisotopic (exact) mass is 270 g/mol. The van der Waals surface area contributed by atoms with E-state index < -0.39 is 12.3 Å². The standard InChI is InChI=1S/C14H26N2O3/c1-10(2)15-8-4-6-11(3)13(17)16-9-5-7-12(16)14(18)19/h11-12,14-15,18-19H,1,4-9H2,2-3H3/t11-,12-/m0/s1. The van der Waals surface area contributed by atoms with Gasteiger partial charge in [-0.3, -0.25) is 4.79 Å². The van der Waals surface area contributed by atoms with Crippen molar-refractivity contribution in [1.82, 2.24) is 10.2 Å². The first kappa shape index (κ1) is 16.0. The lowest BCUT2D eigenvalue weighted by molar-refractivity contribution is -0.146. The predicted octanol–water partition coefficient (Wildman–Crippen LogP) is 0.828. The minimum atomic E-state index is -1.43. The van der Waals surface area contributed by atoms with Gasteiger partial charge in [-0.25, -0.2) is 0 Å². The summed E-state index contributed by atoms with van der Waals surface area (Å²) in [7, 11) is 0. The summed E-state index contributed by atoms with van der Waals surface area (Å²) >= 11 is 0. The molecule has 0 radical (unpaired) electrons. The highest BCUT2D eigenvalue weighted by atomic mass is 16.5. The summed E-state index contributed by atoms with van der Waals surface area (Å²) in [5.74, 6) is -0.0443. The largest absolute Gasteiger partial charge is 0.389 e. The Balaban J connectivity index is 2.37. The van der Waals surface area contributed by atoms with Crippen molar-refractivity contribution in [2.24, 2.45) is 5.92 Å². The zero-order chi connectivity index (χ0) is 14.4. The zero-order valence-electron chi connectivity index (χ0n) is 11.9. The number of hydrogen-bond acceptors (Lipinski definition) is 4. The molecule has 1 heterocycles. The number of likely N-dealkylation sites (tertiary alicyclic amines) is 1. The van der Waals surface area contributed by atoms with Gasteiger partial charge in [0.25, 0.3) is 0 Å². The number of hydrogen-bond donors (Lipinski definition) is 3. The first-order chi connectivity index (χ1) is 8.93. The molecule has 1 fully saturated rings. The van der Waals surface area contributed by atoms with E-state index in [2.05, 4.69) is 11.9 Å². The van der Waals surface area contributed by atoms with Crippen molar-refractivity contribution in [3.63, 3.8) is 0 Å². The number of aliphatic hydroxyl groups excluding tert-OH is 1. The molecule has 1 amide bonds. The molecule has 0 aromatic carbocycles. The van der Waals surface area contributed by atoms with Crippen LogP contribution in [0.25, 0.3) is 0 Å². The number of carbonyl (C=O) groups excluding carboxylic acids is 1. The van der Waals surface area contributed by atoms with Crippen molar-refractivity contribution >= 4 is 5.91 Å². The van der Waals surface area contributed by atoms with Crippen LogP contribution < -0.4 is 5.32 Å². The van der Waals surface area contributed by atoms with E-state index in [9.17, 15) is 15.0 Å². The summed E-state index contributed by atoms with van der Waals surface area (Å²) in [5, 5.41) is 21.7. The summed E-state index contributed by atoms with van der Waals surface area (Å²) < 4.78 is 0. The van der Waals surface area contributed by atoms with E-state index in [1.165, 1.54) is 0 Å². The number of nitrogens with zero attached hydrogens (tertiary/aromatic N) is 1. The van der Waals surface area contributed by atoms with Crippen LogP contribution in [-0.4, -0.2) is 46.4 Å². The van der Waals surface area contributed by atoms with Crippen molar-refractivity contribution < 1.29 is 15.0 Å². The second-order valence-corrected chi connectivity index (χ2v) is 5.41. The molecule has 1 rings (SSSR count). The fourth-order valence-electron chi connectivity index (χ4n) is 2.49. The second kappa shape index (κ2) is 7.50. The number of amides is 1. The highest BCUT2D eigenvalue weighted by Crippen LogP contribution is 2.23. The lowest BCUT2D eigenvalue weighted by Crippen LogP contribution is -2.44. The summed E-state index contributed by atoms with van der Waals surface area (Å²) in [5.41, 5.74) is 0.932. The van der Waals surface area contributed by atoms with Crippen molar-refractivity contribution in [3.05, 3.63) is 12.3 Å². The van der Waals surface area contributed by atoms with Crippen LogP contribution in [-0.2, 0) is 4.79 Å². The van der Waals surface area contributed by atoms with Gasteiger partial charge in [-0.15, -0.1) is 0 Å². The van der Waals surface area contributed by atoms with E-state index in [0.717, 1.165) is 31.5 Å². The van der Waals surface area contributed by atoms with Gasteiger partial charge in [-0.2, -0.15) is 0 Å². The van der Waals surface area contributed by atoms with Crippen LogP contribution in [0.1, 0.15) is 39.5 Å². The number of nitrogens with one attached hydrogen (secondary N) is 1. The van der Waals surface area contributed by atoms with Gasteiger partial charge >= 0.3 is 0 Å². The van der Waals surface area contributed by atoms with Crippen molar-refractivity contribution in [1.29, 1.82) is 0 Å². The van der Waals surface area contributed by atoms with Gasteiger partial charge in [0.1, 0.15) is 0 Å². The molecule has 1 aliphatic rings. The van der Waals surface area contributed by atoms with Crippen molar-refractivity contribution in [3.8, 4) is 0 Å². The molecule has 2 atom stereocenters. The van der Waals surface area contributed by atoms with Crippen LogP contribution in [0, 0.1) is 5.92 Å². The summed E-state index contributed by atoms with van der Waals surface area (Å²) in [6.45, 7) is 9.02. The van der Waals surface area contributed by atoms with Gasteiger partial charge in [0.15, 0.2) is 6.29 Å². The molecular weight excluding hydrogens is 244 g/mol. The van der Waals surface area contributed by atoms with E-state index in [1.54, 1.807) is 4.90 Å². The average Bonchev–Trinajstić information content (AvgIpc) is 2.82. The van der Waals surface area contributed by atoms with Crippen LogP contribution >= 0.6 is 0 Å². The van der Waals surface area contributed by atoms with E-state index in [-0.39, 0.29) is 11.8 Å². The van der Waals surface area contributed by atoms with Crippen LogP contribution in [0.15, 0.2) is 12.3 Å². The average molecular weight is 270 g/mol.